The lowest BCUT2D eigenvalue weighted by Gasteiger charge is -2.20. The van der Waals surface area contributed by atoms with Crippen molar-refractivity contribution in [3.05, 3.63) is 46.7 Å². The highest BCUT2D eigenvalue weighted by atomic mass is 35.5. The van der Waals surface area contributed by atoms with Gasteiger partial charge in [-0.3, -0.25) is 4.79 Å². The molecule has 0 atom stereocenters. The maximum absolute atomic E-state index is 12.8. The van der Waals surface area contributed by atoms with Crippen molar-refractivity contribution < 1.29 is 18.0 Å². The van der Waals surface area contributed by atoms with E-state index in [2.05, 4.69) is 20.6 Å². The maximum atomic E-state index is 12.8. The smallest absolute Gasteiger partial charge is 0.350 e. The van der Waals surface area contributed by atoms with E-state index in [9.17, 15) is 18.0 Å². The van der Waals surface area contributed by atoms with Gasteiger partial charge in [0, 0.05) is 11.7 Å². The Kier molecular flexibility index (Phi) is 5.22. The van der Waals surface area contributed by atoms with Gasteiger partial charge in [0.05, 0.1) is 16.3 Å². The molecule has 9 heteroatoms. The van der Waals surface area contributed by atoms with E-state index in [1.807, 2.05) is 20.8 Å². The van der Waals surface area contributed by atoms with Crippen LogP contribution < -0.4 is 10.6 Å². The standard InChI is InChI=1S/C16H16ClF3N4O/c1-15(2,3)24-14-21-7-6-11(23-14)13(25)22-12-8-9(16(18,19)20)4-5-10(12)17/h4-8H,1-3H3,(H,22,25)(H,21,23,24). The van der Waals surface area contributed by atoms with Gasteiger partial charge in [0.2, 0.25) is 5.95 Å². The summed E-state index contributed by atoms with van der Waals surface area (Å²) < 4.78 is 38.4. The molecule has 5 nitrogen and oxygen atoms in total. The van der Waals surface area contributed by atoms with Crippen LogP contribution in [0.3, 0.4) is 0 Å². The Morgan fingerprint density at radius 3 is 2.44 bits per heavy atom. The molecule has 1 amide bonds. The second-order valence-corrected chi connectivity index (χ2v) is 6.69. The van der Waals surface area contributed by atoms with E-state index < -0.39 is 17.6 Å². The number of rotatable bonds is 3. The van der Waals surface area contributed by atoms with E-state index in [-0.39, 0.29) is 27.9 Å². The lowest BCUT2D eigenvalue weighted by Crippen LogP contribution is -2.28. The quantitative estimate of drug-likeness (QED) is 0.825. The minimum Gasteiger partial charge on any atom is -0.350 e. The molecule has 25 heavy (non-hydrogen) atoms. The second-order valence-electron chi connectivity index (χ2n) is 6.29. The van der Waals surface area contributed by atoms with E-state index in [1.54, 1.807) is 0 Å². The number of aromatic nitrogens is 2. The zero-order valence-corrected chi connectivity index (χ0v) is 14.5. The lowest BCUT2D eigenvalue weighted by atomic mass is 10.1. The summed E-state index contributed by atoms with van der Waals surface area (Å²) in [5, 5.41) is 5.33. The molecule has 0 saturated carbocycles. The van der Waals surface area contributed by atoms with Crippen LogP contribution in [-0.4, -0.2) is 21.4 Å². The third-order valence-electron chi connectivity index (χ3n) is 2.92. The summed E-state index contributed by atoms with van der Waals surface area (Å²) in [4.78, 5) is 20.3. The molecule has 2 N–H and O–H groups in total. The molecule has 0 aliphatic carbocycles. The fourth-order valence-corrected chi connectivity index (χ4v) is 2.03. The van der Waals surface area contributed by atoms with Crippen molar-refractivity contribution in [2.45, 2.75) is 32.5 Å². The molecule has 0 spiro atoms. The summed E-state index contributed by atoms with van der Waals surface area (Å²) >= 11 is 5.87. The van der Waals surface area contributed by atoms with Crippen LogP contribution in [0.5, 0.6) is 0 Å². The van der Waals surface area contributed by atoms with Gasteiger partial charge in [0.15, 0.2) is 0 Å². The van der Waals surface area contributed by atoms with E-state index in [0.29, 0.717) is 0 Å². The van der Waals surface area contributed by atoms with Gasteiger partial charge in [0.25, 0.3) is 5.91 Å². The van der Waals surface area contributed by atoms with Gasteiger partial charge < -0.3 is 10.6 Å². The number of nitrogens with one attached hydrogen (secondary N) is 2. The van der Waals surface area contributed by atoms with Crippen molar-refractivity contribution >= 4 is 29.1 Å². The minimum atomic E-state index is -4.54. The Morgan fingerprint density at radius 2 is 1.84 bits per heavy atom. The molecule has 0 bridgehead atoms. The first-order chi connectivity index (χ1) is 11.5. The number of carbonyl (C=O) groups excluding carboxylic acids is 1. The van der Waals surface area contributed by atoms with Crippen LogP contribution >= 0.6 is 11.6 Å². The highest BCUT2D eigenvalue weighted by Crippen LogP contribution is 2.33. The summed E-state index contributed by atoms with van der Waals surface area (Å²) in [6, 6.07) is 4.04. The summed E-state index contributed by atoms with van der Waals surface area (Å²) in [7, 11) is 0. The predicted molar refractivity (Wildman–Crippen MR) is 89.8 cm³/mol. The highest BCUT2D eigenvalue weighted by Gasteiger charge is 2.31. The third-order valence-corrected chi connectivity index (χ3v) is 3.25. The van der Waals surface area contributed by atoms with E-state index in [0.717, 1.165) is 18.2 Å². The van der Waals surface area contributed by atoms with E-state index >= 15 is 0 Å². The molecule has 0 fully saturated rings. The first kappa shape index (κ1) is 19.0. The van der Waals surface area contributed by atoms with Crippen LogP contribution in [0, 0.1) is 0 Å². The molecule has 1 heterocycles. The molecule has 1 aromatic carbocycles. The van der Waals surface area contributed by atoms with Crippen molar-refractivity contribution in [3.8, 4) is 0 Å². The third kappa shape index (κ3) is 5.32. The molecule has 2 rings (SSSR count). The van der Waals surface area contributed by atoms with Crippen molar-refractivity contribution in [1.29, 1.82) is 0 Å². The molecule has 134 valence electrons. The lowest BCUT2D eigenvalue weighted by molar-refractivity contribution is -0.137. The number of benzene rings is 1. The topological polar surface area (TPSA) is 66.9 Å². The average Bonchev–Trinajstić information content (AvgIpc) is 2.46. The van der Waals surface area contributed by atoms with E-state index in [4.69, 9.17) is 11.6 Å². The SMILES string of the molecule is CC(C)(C)Nc1nccc(C(=O)Nc2cc(C(F)(F)F)ccc2Cl)n1. The zero-order valence-electron chi connectivity index (χ0n) is 13.7. The van der Waals surface area contributed by atoms with Crippen molar-refractivity contribution in [1.82, 2.24) is 9.97 Å². The first-order valence-corrected chi connectivity index (χ1v) is 7.63. The van der Waals surface area contributed by atoms with Crippen molar-refractivity contribution in [2.75, 3.05) is 10.6 Å². The normalized spacial score (nSPS) is 12.0. The van der Waals surface area contributed by atoms with Crippen molar-refractivity contribution in [2.24, 2.45) is 0 Å². The summed E-state index contributed by atoms with van der Waals surface area (Å²) in [5.41, 5.74) is -1.38. The van der Waals surface area contributed by atoms with Crippen molar-refractivity contribution in [3.63, 3.8) is 0 Å². The summed E-state index contributed by atoms with van der Waals surface area (Å²) in [6.45, 7) is 5.68. The van der Waals surface area contributed by atoms with Gasteiger partial charge in [-0.15, -0.1) is 0 Å². The van der Waals surface area contributed by atoms with E-state index in [1.165, 1.54) is 12.3 Å². The Labute approximate surface area is 147 Å². The van der Waals surface area contributed by atoms with Crippen LogP contribution in [0.4, 0.5) is 24.8 Å². The molecule has 0 aliphatic heterocycles. The Balaban J connectivity index is 2.24. The van der Waals surface area contributed by atoms with Crippen LogP contribution in [-0.2, 0) is 6.18 Å². The largest absolute Gasteiger partial charge is 0.416 e. The zero-order chi connectivity index (χ0) is 18.8. The Bertz CT molecular complexity index is 788. The fourth-order valence-electron chi connectivity index (χ4n) is 1.86. The van der Waals surface area contributed by atoms with Gasteiger partial charge >= 0.3 is 6.18 Å². The maximum Gasteiger partial charge on any atom is 0.416 e. The van der Waals surface area contributed by atoms with Gasteiger partial charge in [-0.1, -0.05) is 11.6 Å². The number of alkyl halides is 3. The van der Waals surface area contributed by atoms with Crippen LogP contribution in [0.15, 0.2) is 30.5 Å². The summed E-state index contributed by atoms with van der Waals surface area (Å²) in [5.74, 6) is -0.462. The summed E-state index contributed by atoms with van der Waals surface area (Å²) in [6.07, 6.45) is -3.16. The van der Waals surface area contributed by atoms with Gasteiger partial charge in [-0.05, 0) is 45.0 Å². The number of hydrogen-bond acceptors (Lipinski definition) is 4. The Morgan fingerprint density at radius 1 is 1.16 bits per heavy atom. The monoisotopic (exact) mass is 372 g/mol. The number of nitrogens with zero attached hydrogens (tertiary/aromatic N) is 2. The molecular weight excluding hydrogens is 357 g/mol. The minimum absolute atomic E-state index is 0.00442. The van der Waals surface area contributed by atoms with Crippen LogP contribution in [0.1, 0.15) is 36.8 Å². The molecule has 0 radical (unpaired) electrons. The van der Waals surface area contributed by atoms with Gasteiger partial charge in [0.1, 0.15) is 5.69 Å². The number of halogens is 4. The highest BCUT2D eigenvalue weighted by molar-refractivity contribution is 6.33. The second kappa shape index (κ2) is 6.87. The van der Waals surface area contributed by atoms with Gasteiger partial charge in [-0.25, -0.2) is 9.97 Å². The van der Waals surface area contributed by atoms with Crippen LogP contribution in [0.2, 0.25) is 5.02 Å². The predicted octanol–water partition coefficient (Wildman–Crippen LogP) is 4.61. The van der Waals surface area contributed by atoms with Gasteiger partial charge in [-0.2, -0.15) is 13.2 Å². The number of carbonyl (C=O) groups is 1. The first-order valence-electron chi connectivity index (χ1n) is 7.25. The fraction of sp³-hybridized carbons (Fsp3) is 0.312. The molecule has 2 aromatic rings. The number of anilines is 2. The molecule has 1 aromatic heterocycles. The molecule has 0 aliphatic rings. The number of hydrogen-bond donors (Lipinski definition) is 2. The molecule has 0 saturated heterocycles. The Hall–Kier alpha value is -2.35. The molecule has 0 unspecified atom stereocenters. The van der Waals surface area contributed by atoms with Crippen LogP contribution in [0.25, 0.3) is 0 Å². The number of amides is 1. The average molecular weight is 373 g/mol. The molecular formula is C16H16ClF3N4O.